The molecule has 28 heavy (non-hydrogen) atoms. The van der Waals surface area contributed by atoms with Crippen molar-refractivity contribution in [3.63, 3.8) is 0 Å². The summed E-state index contributed by atoms with van der Waals surface area (Å²) >= 11 is 1.51. The zero-order valence-electron chi connectivity index (χ0n) is 16.5. The van der Waals surface area contributed by atoms with Crippen molar-refractivity contribution in [1.29, 1.82) is 0 Å². The lowest BCUT2D eigenvalue weighted by Gasteiger charge is -2.34. The van der Waals surface area contributed by atoms with Gasteiger partial charge < -0.3 is 15.5 Å². The molecule has 0 unspecified atom stereocenters. The molecule has 0 spiro atoms. The van der Waals surface area contributed by atoms with Crippen LogP contribution in [0.2, 0.25) is 0 Å². The molecule has 1 aliphatic heterocycles. The molecule has 0 radical (unpaired) electrons. The number of nitrogens with zero attached hydrogens (tertiary/aromatic N) is 3. The van der Waals surface area contributed by atoms with Gasteiger partial charge in [0.1, 0.15) is 11.6 Å². The quantitative estimate of drug-likeness (QED) is 0.336. The summed E-state index contributed by atoms with van der Waals surface area (Å²) in [6.07, 6.45) is 2.08. The number of aliphatic imine (C=N–C) groups is 1. The van der Waals surface area contributed by atoms with Gasteiger partial charge in [0, 0.05) is 49.1 Å². The van der Waals surface area contributed by atoms with Crippen LogP contribution in [0.25, 0.3) is 0 Å². The summed E-state index contributed by atoms with van der Waals surface area (Å²) in [7, 11) is 1.78. The standard InChI is InChI=1S/C21H28FN5S/c1-16-6-5-9-20(25-16)27-13-10-17(11-14-27)26-21(23-2)24-12-15-28-19-8-4-3-7-18(19)22/h3-9,17H,10-15H2,1-2H3,(H2,23,24,26). The molecule has 1 saturated heterocycles. The van der Waals surface area contributed by atoms with Crippen LogP contribution in [0.5, 0.6) is 0 Å². The van der Waals surface area contributed by atoms with Gasteiger partial charge in [-0.2, -0.15) is 0 Å². The highest BCUT2D eigenvalue weighted by atomic mass is 32.2. The summed E-state index contributed by atoms with van der Waals surface area (Å²) in [4.78, 5) is 12.0. The molecule has 2 aromatic rings. The number of guanidine groups is 1. The number of aromatic nitrogens is 1. The van der Waals surface area contributed by atoms with Crippen LogP contribution in [0.1, 0.15) is 18.5 Å². The second-order valence-corrected chi connectivity index (χ2v) is 7.96. The van der Waals surface area contributed by atoms with Crippen LogP contribution < -0.4 is 15.5 Å². The molecule has 0 saturated carbocycles. The van der Waals surface area contributed by atoms with Crippen LogP contribution in [0.4, 0.5) is 10.2 Å². The maximum Gasteiger partial charge on any atom is 0.191 e. The predicted molar refractivity (Wildman–Crippen MR) is 116 cm³/mol. The molecule has 2 N–H and O–H groups in total. The summed E-state index contributed by atoms with van der Waals surface area (Å²) in [5.41, 5.74) is 1.05. The Morgan fingerprint density at radius 3 is 2.71 bits per heavy atom. The fourth-order valence-corrected chi connectivity index (χ4v) is 4.04. The topological polar surface area (TPSA) is 52.6 Å². The van der Waals surface area contributed by atoms with Crippen molar-refractivity contribution < 1.29 is 4.39 Å². The van der Waals surface area contributed by atoms with Crippen molar-refractivity contribution in [1.82, 2.24) is 15.6 Å². The number of nitrogens with one attached hydrogen (secondary N) is 2. The Hall–Kier alpha value is -2.28. The van der Waals surface area contributed by atoms with Gasteiger partial charge >= 0.3 is 0 Å². The molecule has 2 heterocycles. The number of hydrogen-bond donors (Lipinski definition) is 2. The number of benzene rings is 1. The SMILES string of the molecule is CN=C(NCCSc1ccccc1F)NC1CCN(c2cccc(C)n2)CC1. The summed E-state index contributed by atoms with van der Waals surface area (Å²) in [6, 6.07) is 13.4. The molecule has 7 heteroatoms. The van der Waals surface area contributed by atoms with Crippen LogP contribution in [0.15, 0.2) is 52.4 Å². The van der Waals surface area contributed by atoms with Crippen LogP contribution in [-0.4, -0.2) is 49.4 Å². The first kappa shape index (κ1) is 20.5. The molecule has 5 nitrogen and oxygen atoms in total. The molecule has 3 rings (SSSR count). The van der Waals surface area contributed by atoms with E-state index in [9.17, 15) is 4.39 Å². The summed E-state index contributed by atoms with van der Waals surface area (Å²) in [6.45, 7) is 4.71. The van der Waals surface area contributed by atoms with Crippen molar-refractivity contribution in [2.24, 2.45) is 4.99 Å². The first-order valence-electron chi connectivity index (χ1n) is 9.69. The zero-order valence-corrected chi connectivity index (χ0v) is 17.3. The fourth-order valence-electron chi connectivity index (χ4n) is 3.24. The second kappa shape index (κ2) is 10.3. The Balaban J connectivity index is 1.39. The Labute approximate surface area is 170 Å². The first-order chi connectivity index (χ1) is 13.7. The molecular formula is C21H28FN5S. The van der Waals surface area contributed by atoms with Gasteiger partial charge in [-0.25, -0.2) is 9.37 Å². The number of hydrogen-bond acceptors (Lipinski definition) is 4. The fraction of sp³-hybridized carbons (Fsp3) is 0.429. The minimum atomic E-state index is -0.162. The molecule has 0 amide bonds. The van der Waals surface area contributed by atoms with Gasteiger partial charge in [-0.05, 0) is 44.0 Å². The predicted octanol–water partition coefficient (Wildman–Crippen LogP) is 3.46. The van der Waals surface area contributed by atoms with Gasteiger partial charge in [0.2, 0.25) is 0 Å². The Morgan fingerprint density at radius 2 is 2.00 bits per heavy atom. The molecule has 150 valence electrons. The average molecular weight is 402 g/mol. The largest absolute Gasteiger partial charge is 0.356 e. The van der Waals surface area contributed by atoms with E-state index in [0.717, 1.165) is 55.7 Å². The third-order valence-electron chi connectivity index (χ3n) is 4.75. The number of halogens is 1. The number of anilines is 1. The minimum Gasteiger partial charge on any atom is -0.356 e. The van der Waals surface area contributed by atoms with Crippen molar-refractivity contribution in [2.45, 2.75) is 30.7 Å². The number of pyridine rings is 1. The van der Waals surface area contributed by atoms with Gasteiger partial charge in [0.25, 0.3) is 0 Å². The van der Waals surface area contributed by atoms with E-state index in [1.165, 1.54) is 17.8 Å². The minimum absolute atomic E-state index is 0.162. The highest BCUT2D eigenvalue weighted by Crippen LogP contribution is 2.20. The van der Waals surface area contributed by atoms with E-state index in [-0.39, 0.29) is 5.82 Å². The lowest BCUT2D eigenvalue weighted by Crippen LogP contribution is -2.49. The summed E-state index contributed by atoms with van der Waals surface area (Å²) in [5.74, 6) is 2.48. The zero-order chi connectivity index (χ0) is 19.8. The van der Waals surface area contributed by atoms with Crippen LogP contribution >= 0.6 is 11.8 Å². The van der Waals surface area contributed by atoms with Crippen molar-refractivity contribution in [3.8, 4) is 0 Å². The number of piperidine rings is 1. The van der Waals surface area contributed by atoms with Crippen molar-refractivity contribution >= 4 is 23.5 Å². The van der Waals surface area contributed by atoms with Gasteiger partial charge in [-0.1, -0.05) is 18.2 Å². The van der Waals surface area contributed by atoms with E-state index in [1.54, 1.807) is 13.1 Å². The van der Waals surface area contributed by atoms with Gasteiger partial charge in [0.15, 0.2) is 5.96 Å². The van der Waals surface area contributed by atoms with Gasteiger partial charge in [0.05, 0.1) is 0 Å². The Kier molecular flexibility index (Phi) is 7.54. The normalized spacial score (nSPS) is 15.5. The van der Waals surface area contributed by atoms with E-state index in [1.807, 2.05) is 25.1 Å². The average Bonchev–Trinajstić information content (AvgIpc) is 2.72. The van der Waals surface area contributed by atoms with Gasteiger partial charge in [-0.3, -0.25) is 4.99 Å². The summed E-state index contributed by atoms with van der Waals surface area (Å²) < 4.78 is 13.6. The Morgan fingerprint density at radius 1 is 1.21 bits per heavy atom. The molecule has 1 aliphatic rings. The van der Waals surface area contributed by atoms with E-state index >= 15 is 0 Å². The molecule has 1 fully saturated rings. The smallest absolute Gasteiger partial charge is 0.191 e. The van der Waals surface area contributed by atoms with E-state index in [2.05, 4.69) is 37.6 Å². The van der Waals surface area contributed by atoms with Crippen LogP contribution in [0, 0.1) is 12.7 Å². The summed E-state index contributed by atoms with van der Waals surface area (Å²) in [5, 5.41) is 6.83. The van der Waals surface area contributed by atoms with Crippen LogP contribution in [0.3, 0.4) is 0 Å². The lowest BCUT2D eigenvalue weighted by molar-refractivity contribution is 0.460. The van der Waals surface area contributed by atoms with Gasteiger partial charge in [-0.15, -0.1) is 11.8 Å². The highest BCUT2D eigenvalue weighted by molar-refractivity contribution is 7.99. The highest BCUT2D eigenvalue weighted by Gasteiger charge is 2.20. The number of rotatable bonds is 6. The monoisotopic (exact) mass is 401 g/mol. The molecular weight excluding hydrogens is 373 g/mol. The molecule has 0 bridgehead atoms. The molecule has 1 aromatic heterocycles. The lowest BCUT2D eigenvalue weighted by atomic mass is 10.1. The molecule has 0 atom stereocenters. The van der Waals surface area contributed by atoms with Crippen LogP contribution in [-0.2, 0) is 0 Å². The number of thioether (sulfide) groups is 1. The maximum absolute atomic E-state index is 13.6. The molecule has 0 aliphatic carbocycles. The third kappa shape index (κ3) is 5.86. The van der Waals surface area contributed by atoms with Crippen molar-refractivity contribution in [3.05, 3.63) is 54.0 Å². The first-order valence-corrected chi connectivity index (χ1v) is 10.7. The van der Waals surface area contributed by atoms with E-state index < -0.39 is 0 Å². The molecule has 1 aromatic carbocycles. The third-order valence-corrected chi connectivity index (χ3v) is 5.80. The van der Waals surface area contributed by atoms with E-state index in [0.29, 0.717) is 10.9 Å². The Bertz CT molecular complexity index is 790. The maximum atomic E-state index is 13.6. The van der Waals surface area contributed by atoms with E-state index in [4.69, 9.17) is 0 Å². The number of aryl methyl sites for hydroxylation is 1. The van der Waals surface area contributed by atoms with Crippen molar-refractivity contribution in [2.75, 3.05) is 37.3 Å². The second-order valence-electron chi connectivity index (χ2n) is 6.82.